The van der Waals surface area contributed by atoms with Crippen LogP contribution in [0.5, 0.6) is 0 Å². The van der Waals surface area contributed by atoms with Gasteiger partial charge in [0.1, 0.15) is 6.54 Å². The summed E-state index contributed by atoms with van der Waals surface area (Å²) in [6.07, 6.45) is 1.22. The van der Waals surface area contributed by atoms with Gasteiger partial charge in [0.05, 0.1) is 4.90 Å². The molecule has 1 N–H and O–H groups in total. The number of hydrogen-bond donors (Lipinski definition) is 1. The molecule has 3 rings (SSSR count). The molecule has 1 aromatic heterocycles. The van der Waals surface area contributed by atoms with E-state index in [1.165, 1.54) is 16.6 Å². The normalized spacial score (nSPS) is 11.5. The van der Waals surface area contributed by atoms with E-state index in [2.05, 4.69) is 5.32 Å². The summed E-state index contributed by atoms with van der Waals surface area (Å²) in [7, 11) is -3.72. The Hall–Kier alpha value is -3.23. The number of aromatic nitrogens is 1. The highest BCUT2D eigenvalue weighted by Gasteiger charge is 2.22. The Balaban J connectivity index is 1.74. The highest BCUT2D eigenvalue weighted by molar-refractivity contribution is 7.89. The molecule has 8 heteroatoms. The van der Waals surface area contributed by atoms with Crippen LogP contribution in [0.2, 0.25) is 0 Å². The molecule has 0 fully saturated rings. The molecule has 0 unspecified atom stereocenters. The molecule has 0 aliphatic rings. The van der Waals surface area contributed by atoms with Crippen molar-refractivity contribution in [2.24, 2.45) is 0 Å². The maximum absolute atomic E-state index is 12.7. The van der Waals surface area contributed by atoms with Gasteiger partial charge >= 0.3 is 0 Å². The van der Waals surface area contributed by atoms with Gasteiger partial charge in [0.2, 0.25) is 15.9 Å². The monoisotopic (exact) mass is 439 g/mol. The molecule has 0 saturated carbocycles. The van der Waals surface area contributed by atoms with Gasteiger partial charge in [0.15, 0.2) is 0 Å². The summed E-state index contributed by atoms with van der Waals surface area (Å²) in [5.41, 5.74) is 2.22. The molecular weight excluding hydrogens is 414 g/mol. The Morgan fingerprint density at radius 1 is 0.903 bits per heavy atom. The second-order valence-electron chi connectivity index (χ2n) is 6.91. The van der Waals surface area contributed by atoms with Gasteiger partial charge in [-0.05, 0) is 29.3 Å². The smallest absolute Gasteiger partial charge is 0.251 e. The van der Waals surface area contributed by atoms with E-state index in [1.807, 2.05) is 42.5 Å². The zero-order valence-electron chi connectivity index (χ0n) is 17.5. The fourth-order valence-corrected chi connectivity index (χ4v) is 4.71. The third-order valence-electron chi connectivity index (χ3n) is 4.89. The first kappa shape index (κ1) is 22.5. The first-order valence-corrected chi connectivity index (χ1v) is 11.4. The molecule has 1 amide bonds. The molecular formula is C23H25N3O4S. The molecule has 7 nitrogen and oxygen atoms in total. The maximum atomic E-state index is 12.7. The summed E-state index contributed by atoms with van der Waals surface area (Å²) < 4.78 is 27.8. The molecule has 31 heavy (non-hydrogen) atoms. The average Bonchev–Trinajstić information content (AvgIpc) is 2.77. The Kier molecular flexibility index (Phi) is 7.04. The van der Waals surface area contributed by atoms with Crippen LogP contribution >= 0.6 is 0 Å². The van der Waals surface area contributed by atoms with E-state index in [1.54, 1.807) is 26.0 Å². The SMILES string of the molecule is CCN(CC)S(=O)(=O)c1ccc(=O)n(CC(=O)Nc2ccc(-c3ccccc3)cc2)c1. The standard InChI is InChI=1S/C23H25N3O4S/c1-3-26(4-2)31(29,30)21-14-15-23(28)25(16-21)17-22(27)24-20-12-10-19(11-13-20)18-8-6-5-7-9-18/h5-16H,3-4,17H2,1-2H3,(H,24,27). The third-order valence-corrected chi connectivity index (χ3v) is 6.92. The molecule has 0 bridgehead atoms. The van der Waals surface area contributed by atoms with Crippen LogP contribution < -0.4 is 10.9 Å². The van der Waals surface area contributed by atoms with Crippen molar-refractivity contribution in [1.82, 2.24) is 8.87 Å². The molecule has 0 saturated heterocycles. The van der Waals surface area contributed by atoms with Crippen LogP contribution in [0.1, 0.15) is 13.8 Å². The van der Waals surface area contributed by atoms with Crippen molar-refractivity contribution in [3.05, 3.63) is 83.3 Å². The first-order valence-electron chi connectivity index (χ1n) is 10.0. The van der Waals surface area contributed by atoms with Crippen molar-refractivity contribution in [2.75, 3.05) is 18.4 Å². The van der Waals surface area contributed by atoms with Crippen molar-refractivity contribution < 1.29 is 13.2 Å². The summed E-state index contributed by atoms with van der Waals surface area (Å²) in [5, 5.41) is 2.74. The van der Waals surface area contributed by atoms with E-state index >= 15 is 0 Å². The van der Waals surface area contributed by atoms with Crippen molar-refractivity contribution in [3.8, 4) is 11.1 Å². The summed E-state index contributed by atoms with van der Waals surface area (Å²) in [6.45, 7) is 3.83. The molecule has 162 valence electrons. The lowest BCUT2D eigenvalue weighted by molar-refractivity contribution is -0.116. The molecule has 0 radical (unpaired) electrons. The van der Waals surface area contributed by atoms with Crippen LogP contribution in [0.4, 0.5) is 5.69 Å². The molecule has 0 aliphatic heterocycles. The quantitative estimate of drug-likeness (QED) is 0.584. The Labute approximate surface area is 182 Å². The predicted octanol–water partition coefficient (Wildman–Crippen LogP) is 3.18. The fourth-order valence-electron chi connectivity index (χ4n) is 3.23. The maximum Gasteiger partial charge on any atom is 0.251 e. The minimum absolute atomic E-state index is 0.0178. The molecule has 2 aromatic carbocycles. The summed E-state index contributed by atoms with van der Waals surface area (Å²) in [5.74, 6) is -0.424. The minimum Gasteiger partial charge on any atom is -0.325 e. The van der Waals surface area contributed by atoms with Gasteiger partial charge in [0.25, 0.3) is 5.56 Å². The van der Waals surface area contributed by atoms with Crippen LogP contribution in [-0.4, -0.2) is 36.3 Å². The van der Waals surface area contributed by atoms with Gasteiger partial charge in [-0.2, -0.15) is 4.31 Å². The van der Waals surface area contributed by atoms with Gasteiger partial charge in [0, 0.05) is 31.0 Å². The third kappa shape index (κ3) is 5.28. The van der Waals surface area contributed by atoms with Gasteiger partial charge in [-0.15, -0.1) is 0 Å². The molecule has 0 spiro atoms. The zero-order chi connectivity index (χ0) is 22.4. The van der Waals surface area contributed by atoms with Crippen LogP contribution in [0.15, 0.2) is 82.6 Å². The van der Waals surface area contributed by atoms with E-state index in [4.69, 9.17) is 0 Å². The molecule has 1 heterocycles. The lowest BCUT2D eigenvalue weighted by Crippen LogP contribution is -2.33. The first-order chi connectivity index (χ1) is 14.8. The van der Waals surface area contributed by atoms with E-state index in [0.29, 0.717) is 18.8 Å². The Bertz CT molecular complexity index is 1200. The van der Waals surface area contributed by atoms with Gasteiger partial charge in [-0.1, -0.05) is 56.3 Å². The summed E-state index contributed by atoms with van der Waals surface area (Å²) in [4.78, 5) is 24.6. The number of carbonyl (C=O) groups is 1. The molecule has 0 atom stereocenters. The van der Waals surface area contributed by atoms with Crippen molar-refractivity contribution in [1.29, 1.82) is 0 Å². The largest absolute Gasteiger partial charge is 0.325 e. The van der Waals surface area contributed by atoms with Gasteiger partial charge < -0.3 is 9.88 Å². The summed E-state index contributed by atoms with van der Waals surface area (Å²) in [6, 6.07) is 19.7. The second-order valence-corrected chi connectivity index (χ2v) is 8.85. The molecule has 3 aromatic rings. The number of nitrogens with one attached hydrogen (secondary N) is 1. The van der Waals surface area contributed by atoms with Crippen LogP contribution in [0.3, 0.4) is 0 Å². The highest BCUT2D eigenvalue weighted by atomic mass is 32.2. The number of pyridine rings is 1. The number of anilines is 1. The lowest BCUT2D eigenvalue weighted by atomic mass is 10.1. The number of sulfonamides is 1. The van der Waals surface area contributed by atoms with Crippen molar-refractivity contribution in [2.45, 2.75) is 25.3 Å². The Morgan fingerprint density at radius 2 is 1.52 bits per heavy atom. The van der Waals surface area contributed by atoms with E-state index in [0.717, 1.165) is 21.8 Å². The topological polar surface area (TPSA) is 88.5 Å². The number of carbonyl (C=O) groups excluding carboxylic acids is 1. The van der Waals surface area contributed by atoms with E-state index < -0.39 is 21.5 Å². The molecule has 0 aliphatic carbocycles. The van der Waals surface area contributed by atoms with Crippen molar-refractivity contribution >= 4 is 21.6 Å². The van der Waals surface area contributed by atoms with Crippen LogP contribution in [0.25, 0.3) is 11.1 Å². The summed E-state index contributed by atoms with van der Waals surface area (Å²) >= 11 is 0. The van der Waals surface area contributed by atoms with E-state index in [-0.39, 0.29) is 11.4 Å². The number of amides is 1. The van der Waals surface area contributed by atoms with Gasteiger partial charge in [-0.25, -0.2) is 8.42 Å². The average molecular weight is 440 g/mol. The van der Waals surface area contributed by atoms with Crippen molar-refractivity contribution in [3.63, 3.8) is 0 Å². The number of rotatable bonds is 8. The Morgan fingerprint density at radius 3 is 2.13 bits per heavy atom. The minimum atomic E-state index is -3.72. The predicted molar refractivity (Wildman–Crippen MR) is 121 cm³/mol. The number of nitrogens with zero attached hydrogens (tertiary/aromatic N) is 2. The van der Waals surface area contributed by atoms with Crippen LogP contribution in [-0.2, 0) is 21.4 Å². The number of benzene rings is 2. The second kappa shape index (κ2) is 9.72. The number of hydrogen-bond acceptors (Lipinski definition) is 4. The zero-order valence-corrected chi connectivity index (χ0v) is 18.3. The fraction of sp³-hybridized carbons (Fsp3) is 0.217. The highest BCUT2D eigenvalue weighted by Crippen LogP contribution is 2.21. The lowest BCUT2D eigenvalue weighted by Gasteiger charge is -2.19. The van der Waals surface area contributed by atoms with E-state index in [9.17, 15) is 18.0 Å². The van der Waals surface area contributed by atoms with Crippen LogP contribution in [0, 0.1) is 0 Å². The van der Waals surface area contributed by atoms with Gasteiger partial charge in [-0.3, -0.25) is 9.59 Å².